The van der Waals surface area contributed by atoms with E-state index in [9.17, 15) is 32.6 Å². The van der Waals surface area contributed by atoms with Gasteiger partial charge in [-0.1, -0.05) is 24.3 Å². The van der Waals surface area contributed by atoms with Gasteiger partial charge in [-0.25, -0.2) is 4.39 Å². The summed E-state index contributed by atoms with van der Waals surface area (Å²) in [5, 5.41) is 24.2. The number of alkyl halides is 3. The van der Waals surface area contributed by atoms with E-state index in [1.165, 1.54) is 24.3 Å². The molecule has 0 spiro atoms. The zero-order valence-electron chi connectivity index (χ0n) is 13.0. The fourth-order valence-corrected chi connectivity index (χ4v) is 2.63. The number of hydrogen-bond donors (Lipinski definition) is 2. The first-order valence-electron chi connectivity index (χ1n) is 7.38. The van der Waals surface area contributed by atoms with Gasteiger partial charge < -0.3 is 10.2 Å². The lowest BCUT2D eigenvalue weighted by Gasteiger charge is -2.31. The lowest BCUT2D eigenvalue weighted by molar-refractivity contribution is -0.0816. The summed E-state index contributed by atoms with van der Waals surface area (Å²) in [6.07, 6.45) is -5.90. The van der Waals surface area contributed by atoms with Gasteiger partial charge in [0.15, 0.2) is 5.72 Å². The third kappa shape index (κ3) is 3.01. The van der Waals surface area contributed by atoms with E-state index < -0.39 is 41.5 Å². The van der Waals surface area contributed by atoms with Crippen LogP contribution < -0.4 is 0 Å². The third-order valence-electron chi connectivity index (χ3n) is 3.95. The number of hydrazone groups is 1. The minimum absolute atomic E-state index is 0.148. The fourth-order valence-electron chi connectivity index (χ4n) is 2.63. The number of hydrogen-bond acceptors (Lipinski definition) is 4. The number of carbonyl (C=O) groups excluding carboxylic acids is 1. The van der Waals surface area contributed by atoms with Crippen LogP contribution in [0, 0.1) is 5.82 Å². The van der Waals surface area contributed by atoms with Crippen LogP contribution >= 0.6 is 0 Å². The monoisotopic (exact) mass is 368 g/mol. The molecule has 5 nitrogen and oxygen atoms in total. The van der Waals surface area contributed by atoms with Crippen molar-refractivity contribution in [3.63, 3.8) is 0 Å². The molecule has 0 aromatic heterocycles. The zero-order valence-corrected chi connectivity index (χ0v) is 13.0. The number of halogens is 4. The van der Waals surface area contributed by atoms with E-state index in [-0.39, 0.29) is 16.1 Å². The van der Waals surface area contributed by atoms with Crippen LogP contribution in [0.15, 0.2) is 53.6 Å². The maximum Gasteiger partial charge on any atom is 0.431 e. The Labute approximate surface area is 144 Å². The summed E-state index contributed by atoms with van der Waals surface area (Å²) < 4.78 is 52.5. The number of para-hydroxylation sites is 1. The normalized spacial score (nSPS) is 20.2. The van der Waals surface area contributed by atoms with E-state index in [4.69, 9.17) is 0 Å². The summed E-state index contributed by atoms with van der Waals surface area (Å²) >= 11 is 0. The quantitative estimate of drug-likeness (QED) is 0.800. The summed E-state index contributed by atoms with van der Waals surface area (Å²) in [7, 11) is 0. The molecular weight excluding hydrogens is 356 g/mol. The number of carbonyl (C=O) groups is 1. The highest BCUT2D eigenvalue weighted by molar-refractivity contribution is 6.01. The lowest BCUT2D eigenvalue weighted by Crippen LogP contribution is -2.43. The predicted molar refractivity (Wildman–Crippen MR) is 82.7 cm³/mol. The smallest absolute Gasteiger partial charge is 0.431 e. The second-order valence-electron chi connectivity index (χ2n) is 5.68. The number of nitrogens with zero attached hydrogens (tertiary/aromatic N) is 2. The molecule has 0 aliphatic carbocycles. The molecule has 26 heavy (non-hydrogen) atoms. The lowest BCUT2D eigenvalue weighted by atomic mass is 9.96. The van der Waals surface area contributed by atoms with Crippen LogP contribution in [-0.2, 0) is 5.72 Å². The van der Waals surface area contributed by atoms with Gasteiger partial charge in [0.05, 0.1) is 12.0 Å². The number of amides is 1. The molecular formula is C17H12F4N2O3. The summed E-state index contributed by atoms with van der Waals surface area (Å²) in [4.78, 5) is 12.7. The molecule has 2 aromatic carbocycles. The molecule has 2 aromatic rings. The van der Waals surface area contributed by atoms with Gasteiger partial charge in [0.2, 0.25) is 0 Å². The van der Waals surface area contributed by atoms with Crippen molar-refractivity contribution < 1.29 is 32.6 Å². The molecule has 0 unspecified atom stereocenters. The summed E-state index contributed by atoms with van der Waals surface area (Å²) in [6, 6.07) is 9.20. The van der Waals surface area contributed by atoms with Crippen LogP contribution in [0.5, 0.6) is 5.75 Å². The van der Waals surface area contributed by atoms with Crippen LogP contribution in [0.3, 0.4) is 0 Å². The Bertz CT molecular complexity index is 880. The van der Waals surface area contributed by atoms with Gasteiger partial charge in [-0.15, -0.1) is 0 Å². The first-order valence-corrected chi connectivity index (χ1v) is 7.38. The number of phenolic OH excluding ortho intramolecular Hbond substituents is 1. The van der Waals surface area contributed by atoms with Gasteiger partial charge in [0, 0.05) is 5.56 Å². The van der Waals surface area contributed by atoms with E-state index in [1.54, 1.807) is 0 Å². The highest BCUT2D eigenvalue weighted by Crippen LogP contribution is 2.41. The predicted octanol–water partition coefficient (Wildman–Crippen LogP) is 3.14. The fraction of sp³-hybridized carbons (Fsp3) is 0.176. The van der Waals surface area contributed by atoms with Gasteiger partial charge in [-0.05, 0) is 24.3 Å². The molecule has 2 N–H and O–H groups in total. The van der Waals surface area contributed by atoms with E-state index in [0.717, 1.165) is 24.3 Å². The van der Waals surface area contributed by atoms with Crippen molar-refractivity contribution in [3.8, 4) is 5.75 Å². The summed E-state index contributed by atoms with van der Waals surface area (Å²) in [6.45, 7) is 0. The van der Waals surface area contributed by atoms with Crippen molar-refractivity contribution in [1.29, 1.82) is 0 Å². The van der Waals surface area contributed by atoms with Crippen molar-refractivity contribution in [1.82, 2.24) is 5.01 Å². The Morgan fingerprint density at radius 2 is 1.73 bits per heavy atom. The Kier molecular flexibility index (Phi) is 4.19. The average Bonchev–Trinajstić information content (AvgIpc) is 2.94. The zero-order chi connectivity index (χ0) is 19.1. The Balaban J connectivity index is 2.10. The van der Waals surface area contributed by atoms with Gasteiger partial charge in [0.25, 0.3) is 5.91 Å². The standard InChI is InChI=1S/C17H12F4N2O3/c18-11-7-5-10(6-8-11)16(26)9-14(17(19,20)21)22-23(16)15(25)12-3-1-2-4-13(12)24/h1-8,24,26H,9H2/t16-/m1/s1. The number of benzene rings is 2. The minimum Gasteiger partial charge on any atom is -0.507 e. The molecule has 1 aliphatic heterocycles. The molecule has 9 heteroatoms. The molecule has 1 amide bonds. The first-order chi connectivity index (χ1) is 12.1. The Morgan fingerprint density at radius 3 is 2.31 bits per heavy atom. The number of aliphatic hydroxyl groups is 1. The molecule has 136 valence electrons. The van der Waals surface area contributed by atoms with Gasteiger partial charge in [0.1, 0.15) is 17.3 Å². The first kappa shape index (κ1) is 17.9. The molecule has 0 saturated carbocycles. The van der Waals surface area contributed by atoms with Crippen LogP contribution in [0.25, 0.3) is 0 Å². The van der Waals surface area contributed by atoms with Crippen LogP contribution in [0.1, 0.15) is 22.3 Å². The molecule has 1 aliphatic rings. The molecule has 0 bridgehead atoms. The van der Waals surface area contributed by atoms with E-state index in [0.29, 0.717) is 0 Å². The second kappa shape index (κ2) is 6.10. The molecule has 1 atom stereocenters. The topological polar surface area (TPSA) is 73.1 Å². The van der Waals surface area contributed by atoms with Crippen molar-refractivity contribution in [2.24, 2.45) is 5.10 Å². The van der Waals surface area contributed by atoms with Crippen molar-refractivity contribution in [3.05, 3.63) is 65.5 Å². The van der Waals surface area contributed by atoms with Gasteiger partial charge in [-0.3, -0.25) is 4.79 Å². The van der Waals surface area contributed by atoms with Crippen LogP contribution in [0.4, 0.5) is 17.6 Å². The Hall–Kier alpha value is -2.94. The van der Waals surface area contributed by atoms with Crippen molar-refractivity contribution in [2.45, 2.75) is 18.3 Å². The number of phenols is 1. The Morgan fingerprint density at radius 1 is 1.12 bits per heavy atom. The maximum absolute atomic E-state index is 13.1. The van der Waals surface area contributed by atoms with Gasteiger partial charge in [-0.2, -0.15) is 23.3 Å². The van der Waals surface area contributed by atoms with Crippen molar-refractivity contribution in [2.75, 3.05) is 0 Å². The molecule has 0 fully saturated rings. The highest BCUT2D eigenvalue weighted by atomic mass is 19.4. The third-order valence-corrected chi connectivity index (χ3v) is 3.95. The van der Waals surface area contributed by atoms with E-state index in [2.05, 4.69) is 5.10 Å². The largest absolute Gasteiger partial charge is 0.507 e. The summed E-state index contributed by atoms with van der Waals surface area (Å²) in [5.74, 6) is -2.27. The van der Waals surface area contributed by atoms with Crippen LogP contribution in [-0.4, -0.2) is 33.0 Å². The second-order valence-corrected chi connectivity index (χ2v) is 5.68. The summed E-state index contributed by atoms with van der Waals surface area (Å²) in [5.41, 5.74) is -4.32. The van der Waals surface area contributed by atoms with E-state index >= 15 is 0 Å². The van der Waals surface area contributed by atoms with Crippen LogP contribution in [0.2, 0.25) is 0 Å². The maximum atomic E-state index is 13.1. The van der Waals surface area contributed by atoms with Crippen molar-refractivity contribution >= 4 is 11.6 Å². The molecule has 3 rings (SSSR count). The molecule has 0 radical (unpaired) electrons. The highest BCUT2D eigenvalue weighted by Gasteiger charge is 2.53. The number of rotatable bonds is 2. The number of aromatic hydroxyl groups is 1. The molecule has 1 heterocycles. The molecule has 0 saturated heterocycles. The minimum atomic E-state index is -4.87. The SMILES string of the molecule is O=C(c1ccccc1O)N1N=C(C(F)(F)F)C[C@@]1(O)c1ccc(F)cc1. The van der Waals surface area contributed by atoms with E-state index in [1.807, 2.05) is 0 Å². The average molecular weight is 368 g/mol. The van der Waals surface area contributed by atoms with Gasteiger partial charge >= 0.3 is 6.18 Å².